The molecule has 1 amide bonds. The van der Waals surface area contributed by atoms with Gasteiger partial charge in [0.25, 0.3) is 0 Å². The van der Waals surface area contributed by atoms with E-state index in [0.717, 1.165) is 12.0 Å². The molecular formula is C19H28ClNO3. The number of halogens is 1. The number of benzene rings is 1. The van der Waals surface area contributed by atoms with E-state index in [1.807, 2.05) is 45.6 Å². The Hall–Kier alpha value is -1.68. The molecular weight excluding hydrogens is 326 g/mol. The van der Waals surface area contributed by atoms with Gasteiger partial charge in [0.1, 0.15) is 0 Å². The smallest absolute Gasteiger partial charge is 0.247 e. The second kappa shape index (κ2) is 9.58. The topological polar surface area (TPSA) is 38.8 Å². The highest BCUT2D eigenvalue weighted by Crippen LogP contribution is 2.36. The van der Waals surface area contributed by atoms with E-state index >= 15 is 0 Å². The SMILES string of the molecule is CCCOc1c(Cl)cc(/C=C/C(=O)N(C(C)C)C(C)C)cc1OC. The van der Waals surface area contributed by atoms with E-state index in [9.17, 15) is 4.79 Å². The van der Waals surface area contributed by atoms with Crippen molar-refractivity contribution in [2.24, 2.45) is 0 Å². The summed E-state index contributed by atoms with van der Waals surface area (Å²) in [5.41, 5.74) is 0.793. The maximum absolute atomic E-state index is 12.4. The van der Waals surface area contributed by atoms with Crippen molar-refractivity contribution >= 4 is 23.6 Å². The lowest BCUT2D eigenvalue weighted by Gasteiger charge is -2.29. The van der Waals surface area contributed by atoms with Crippen LogP contribution < -0.4 is 9.47 Å². The van der Waals surface area contributed by atoms with Gasteiger partial charge in [0, 0.05) is 18.2 Å². The molecule has 1 aromatic rings. The van der Waals surface area contributed by atoms with Crippen molar-refractivity contribution in [2.75, 3.05) is 13.7 Å². The molecule has 0 saturated heterocycles. The first-order valence-electron chi connectivity index (χ1n) is 8.32. The van der Waals surface area contributed by atoms with Crippen LogP contribution in [0.25, 0.3) is 6.08 Å². The number of ether oxygens (including phenoxy) is 2. The zero-order chi connectivity index (χ0) is 18.3. The van der Waals surface area contributed by atoms with Crippen LogP contribution in [0.2, 0.25) is 5.02 Å². The molecule has 0 bridgehead atoms. The van der Waals surface area contributed by atoms with Gasteiger partial charge in [0.05, 0.1) is 18.7 Å². The van der Waals surface area contributed by atoms with Crippen molar-refractivity contribution in [3.05, 3.63) is 28.8 Å². The van der Waals surface area contributed by atoms with Crippen LogP contribution in [0.4, 0.5) is 0 Å². The second-order valence-corrected chi connectivity index (χ2v) is 6.56. The Kier molecular flexibility index (Phi) is 8.13. The summed E-state index contributed by atoms with van der Waals surface area (Å²) in [6.07, 6.45) is 4.20. The zero-order valence-electron chi connectivity index (χ0n) is 15.4. The molecule has 24 heavy (non-hydrogen) atoms. The normalized spacial score (nSPS) is 11.4. The molecule has 5 heteroatoms. The Morgan fingerprint density at radius 2 is 1.88 bits per heavy atom. The zero-order valence-corrected chi connectivity index (χ0v) is 16.2. The van der Waals surface area contributed by atoms with Crippen molar-refractivity contribution in [3.8, 4) is 11.5 Å². The number of methoxy groups -OCH3 is 1. The fourth-order valence-corrected chi connectivity index (χ4v) is 2.81. The lowest BCUT2D eigenvalue weighted by molar-refractivity contribution is -0.129. The van der Waals surface area contributed by atoms with Crippen LogP contribution in [0.5, 0.6) is 11.5 Å². The maximum Gasteiger partial charge on any atom is 0.247 e. The Bertz CT molecular complexity index is 574. The van der Waals surface area contributed by atoms with Crippen LogP contribution in [-0.2, 0) is 4.79 Å². The molecule has 0 saturated carbocycles. The first-order valence-corrected chi connectivity index (χ1v) is 8.70. The summed E-state index contributed by atoms with van der Waals surface area (Å²) in [5.74, 6) is 1.07. The summed E-state index contributed by atoms with van der Waals surface area (Å²) in [5, 5.41) is 0.472. The number of hydrogen-bond acceptors (Lipinski definition) is 3. The van der Waals surface area contributed by atoms with Crippen LogP contribution in [0, 0.1) is 0 Å². The minimum absolute atomic E-state index is 0.0265. The largest absolute Gasteiger partial charge is 0.493 e. The number of amides is 1. The van der Waals surface area contributed by atoms with Crippen LogP contribution in [0.3, 0.4) is 0 Å². The van der Waals surface area contributed by atoms with Crippen LogP contribution in [0.1, 0.15) is 46.6 Å². The molecule has 1 rings (SSSR count). The maximum atomic E-state index is 12.4. The van der Waals surface area contributed by atoms with Crippen molar-refractivity contribution in [1.29, 1.82) is 0 Å². The van der Waals surface area contributed by atoms with E-state index in [2.05, 4.69) is 0 Å². The standard InChI is InChI=1S/C19H28ClNO3/c1-7-10-24-19-16(20)11-15(12-17(19)23-6)8-9-18(22)21(13(2)3)14(4)5/h8-9,11-14H,7,10H2,1-6H3/b9-8+. The number of rotatable bonds is 8. The highest BCUT2D eigenvalue weighted by Gasteiger charge is 2.17. The van der Waals surface area contributed by atoms with Crippen LogP contribution in [-0.4, -0.2) is 36.6 Å². The predicted octanol–water partition coefficient (Wildman–Crippen LogP) is 4.80. The molecule has 0 aromatic heterocycles. The highest BCUT2D eigenvalue weighted by molar-refractivity contribution is 6.32. The monoisotopic (exact) mass is 353 g/mol. The molecule has 0 radical (unpaired) electrons. The lowest BCUT2D eigenvalue weighted by Crippen LogP contribution is -2.41. The Morgan fingerprint density at radius 3 is 2.38 bits per heavy atom. The molecule has 134 valence electrons. The number of hydrogen-bond donors (Lipinski definition) is 0. The molecule has 0 atom stereocenters. The third-order valence-electron chi connectivity index (χ3n) is 3.49. The fourth-order valence-electron chi connectivity index (χ4n) is 2.54. The summed E-state index contributed by atoms with van der Waals surface area (Å²) in [6.45, 7) is 10.6. The van der Waals surface area contributed by atoms with Gasteiger partial charge in [-0.15, -0.1) is 0 Å². The number of carbonyl (C=O) groups excluding carboxylic acids is 1. The molecule has 0 N–H and O–H groups in total. The Labute approximate surface area is 150 Å². The average Bonchev–Trinajstić information content (AvgIpc) is 2.50. The van der Waals surface area contributed by atoms with Gasteiger partial charge in [-0.25, -0.2) is 0 Å². The van der Waals surface area contributed by atoms with Gasteiger partial charge in [-0.1, -0.05) is 18.5 Å². The summed E-state index contributed by atoms with van der Waals surface area (Å²) in [6, 6.07) is 3.87. The number of carbonyl (C=O) groups is 1. The van der Waals surface area contributed by atoms with Gasteiger partial charge < -0.3 is 14.4 Å². The minimum atomic E-state index is -0.0265. The molecule has 0 fully saturated rings. The van der Waals surface area contributed by atoms with Crippen LogP contribution in [0.15, 0.2) is 18.2 Å². The van der Waals surface area contributed by atoms with Crippen LogP contribution >= 0.6 is 11.6 Å². The molecule has 0 heterocycles. The predicted molar refractivity (Wildman–Crippen MR) is 99.9 cm³/mol. The number of nitrogens with zero attached hydrogens (tertiary/aromatic N) is 1. The van der Waals surface area contributed by atoms with Crippen molar-refractivity contribution in [2.45, 2.75) is 53.1 Å². The van der Waals surface area contributed by atoms with Gasteiger partial charge in [0.2, 0.25) is 5.91 Å². The second-order valence-electron chi connectivity index (χ2n) is 6.15. The van der Waals surface area contributed by atoms with Crippen molar-refractivity contribution < 1.29 is 14.3 Å². The van der Waals surface area contributed by atoms with Crippen molar-refractivity contribution in [1.82, 2.24) is 4.90 Å². The van der Waals surface area contributed by atoms with Gasteiger partial charge in [-0.05, 0) is 57.9 Å². The quantitative estimate of drug-likeness (QED) is 0.630. The van der Waals surface area contributed by atoms with E-state index < -0.39 is 0 Å². The Balaban J connectivity index is 3.02. The summed E-state index contributed by atoms with van der Waals surface area (Å²) < 4.78 is 11.0. The fraction of sp³-hybridized carbons (Fsp3) is 0.526. The summed E-state index contributed by atoms with van der Waals surface area (Å²) >= 11 is 6.29. The first kappa shape index (κ1) is 20.4. The highest BCUT2D eigenvalue weighted by atomic mass is 35.5. The minimum Gasteiger partial charge on any atom is -0.493 e. The van der Waals surface area contributed by atoms with E-state index in [4.69, 9.17) is 21.1 Å². The molecule has 0 aliphatic heterocycles. The van der Waals surface area contributed by atoms with Crippen molar-refractivity contribution in [3.63, 3.8) is 0 Å². The summed E-state index contributed by atoms with van der Waals surface area (Å²) in [4.78, 5) is 14.2. The van der Waals surface area contributed by atoms with Gasteiger partial charge in [-0.2, -0.15) is 0 Å². The third kappa shape index (κ3) is 5.45. The van der Waals surface area contributed by atoms with Gasteiger partial charge >= 0.3 is 0 Å². The molecule has 0 spiro atoms. The molecule has 0 aliphatic rings. The van der Waals surface area contributed by atoms with Gasteiger partial charge in [-0.3, -0.25) is 4.79 Å². The molecule has 4 nitrogen and oxygen atoms in total. The van der Waals surface area contributed by atoms with E-state index in [1.54, 1.807) is 25.3 Å². The van der Waals surface area contributed by atoms with E-state index in [-0.39, 0.29) is 18.0 Å². The first-order chi connectivity index (χ1) is 11.3. The molecule has 1 aromatic carbocycles. The Morgan fingerprint density at radius 1 is 1.25 bits per heavy atom. The van der Waals surface area contributed by atoms with Gasteiger partial charge in [0.15, 0.2) is 11.5 Å². The molecule has 0 unspecified atom stereocenters. The van der Waals surface area contributed by atoms with E-state index in [0.29, 0.717) is 23.1 Å². The molecule has 0 aliphatic carbocycles. The summed E-state index contributed by atoms with van der Waals surface area (Å²) in [7, 11) is 1.57. The lowest BCUT2D eigenvalue weighted by atomic mass is 10.1. The average molecular weight is 354 g/mol. The third-order valence-corrected chi connectivity index (χ3v) is 3.77. The van der Waals surface area contributed by atoms with E-state index in [1.165, 1.54) is 0 Å².